The first kappa shape index (κ1) is 16.1. The molecule has 0 N–H and O–H groups in total. The summed E-state index contributed by atoms with van der Waals surface area (Å²) in [7, 11) is 0. The van der Waals surface area contributed by atoms with Crippen LogP contribution in [0, 0.1) is 0 Å². The molecule has 0 atom stereocenters. The van der Waals surface area contributed by atoms with Gasteiger partial charge in [-0.2, -0.15) is 0 Å². The first-order chi connectivity index (χ1) is 12.2. The van der Waals surface area contributed by atoms with E-state index in [1.165, 1.54) is 11.1 Å². The highest BCUT2D eigenvalue weighted by atomic mass is 16.1. The number of rotatable bonds is 5. The van der Waals surface area contributed by atoms with E-state index in [0.717, 1.165) is 55.5 Å². The molecule has 0 bridgehead atoms. The number of aryl methyl sites for hydroxylation is 1. The van der Waals surface area contributed by atoms with Crippen molar-refractivity contribution < 1.29 is 4.79 Å². The van der Waals surface area contributed by atoms with Gasteiger partial charge < -0.3 is 4.57 Å². The van der Waals surface area contributed by atoms with Crippen molar-refractivity contribution in [1.29, 1.82) is 0 Å². The Morgan fingerprint density at radius 1 is 1.00 bits per heavy atom. The van der Waals surface area contributed by atoms with Gasteiger partial charge in [0.1, 0.15) is 0 Å². The van der Waals surface area contributed by atoms with E-state index in [0.29, 0.717) is 0 Å². The Morgan fingerprint density at radius 3 is 2.60 bits per heavy atom. The van der Waals surface area contributed by atoms with E-state index in [-0.39, 0.29) is 5.78 Å². The monoisotopic (exact) mass is 332 g/mol. The molecule has 25 heavy (non-hydrogen) atoms. The first-order valence-electron chi connectivity index (χ1n) is 9.10. The molecule has 2 heterocycles. The minimum Gasteiger partial charge on any atom is -0.347 e. The van der Waals surface area contributed by atoms with Crippen LogP contribution in [0.1, 0.15) is 34.8 Å². The summed E-state index contributed by atoms with van der Waals surface area (Å²) in [5.74, 6) is 0.141. The van der Waals surface area contributed by atoms with Gasteiger partial charge in [0.05, 0.1) is 0 Å². The first-order valence-corrected chi connectivity index (χ1v) is 9.10. The average Bonchev–Trinajstić information content (AvgIpc) is 3.01. The van der Waals surface area contributed by atoms with E-state index in [1.807, 2.05) is 24.4 Å². The average molecular weight is 332 g/mol. The molecule has 0 saturated heterocycles. The second-order valence-corrected chi connectivity index (χ2v) is 6.96. The largest absolute Gasteiger partial charge is 0.347 e. The molecule has 3 heteroatoms. The van der Waals surface area contributed by atoms with Gasteiger partial charge in [0.25, 0.3) is 0 Å². The number of nitrogens with zero attached hydrogens (tertiary/aromatic N) is 2. The number of fused-ring (bicyclic) bond motifs is 2. The maximum Gasteiger partial charge on any atom is 0.161 e. The third-order valence-electron chi connectivity index (χ3n) is 5.25. The number of ketones is 1. The second-order valence-electron chi connectivity index (χ2n) is 6.96. The number of carbonyl (C=O) groups excluding carboxylic acids is 1. The van der Waals surface area contributed by atoms with Crippen molar-refractivity contribution in [3.8, 4) is 0 Å². The molecular weight excluding hydrogens is 308 g/mol. The van der Waals surface area contributed by atoms with Crippen LogP contribution in [0.4, 0.5) is 0 Å². The maximum atomic E-state index is 11.9. The van der Waals surface area contributed by atoms with Gasteiger partial charge in [-0.3, -0.25) is 9.69 Å². The smallest absolute Gasteiger partial charge is 0.161 e. The Labute approximate surface area is 148 Å². The second kappa shape index (κ2) is 6.85. The van der Waals surface area contributed by atoms with Crippen LogP contribution in [0.5, 0.6) is 0 Å². The van der Waals surface area contributed by atoms with Crippen LogP contribution in [0.25, 0.3) is 10.9 Å². The number of hydrogen-bond donors (Lipinski definition) is 0. The van der Waals surface area contributed by atoms with Gasteiger partial charge in [-0.05, 0) is 37.0 Å². The van der Waals surface area contributed by atoms with Crippen molar-refractivity contribution in [1.82, 2.24) is 9.47 Å². The molecule has 4 rings (SSSR count). The van der Waals surface area contributed by atoms with Gasteiger partial charge in [0.2, 0.25) is 0 Å². The minimum absolute atomic E-state index is 0.141. The molecule has 128 valence electrons. The lowest BCUT2D eigenvalue weighted by molar-refractivity contribution is 0.101. The van der Waals surface area contributed by atoms with Crippen molar-refractivity contribution >= 4 is 16.7 Å². The highest BCUT2D eigenvalue weighted by Crippen LogP contribution is 2.23. The summed E-state index contributed by atoms with van der Waals surface area (Å²) in [6, 6.07) is 17.0. The van der Waals surface area contributed by atoms with E-state index in [2.05, 4.69) is 39.8 Å². The van der Waals surface area contributed by atoms with Gasteiger partial charge in [0.15, 0.2) is 5.78 Å². The predicted octanol–water partition coefficient (Wildman–Crippen LogP) is 4.29. The third kappa shape index (κ3) is 3.24. The Bertz CT molecular complexity index is 909. The molecule has 0 aliphatic carbocycles. The molecule has 3 aromatic rings. The highest BCUT2D eigenvalue weighted by molar-refractivity contribution is 6.06. The quantitative estimate of drug-likeness (QED) is 0.651. The molecule has 0 radical (unpaired) electrons. The van der Waals surface area contributed by atoms with Crippen molar-refractivity contribution in [3.05, 3.63) is 71.4 Å². The molecule has 0 amide bonds. The molecule has 0 fully saturated rings. The molecule has 0 unspecified atom stereocenters. The summed E-state index contributed by atoms with van der Waals surface area (Å²) in [4.78, 5) is 14.4. The Morgan fingerprint density at radius 2 is 1.76 bits per heavy atom. The molecule has 0 saturated carbocycles. The van der Waals surface area contributed by atoms with Crippen LogP contribution in [0.2, 0.25) is 0 Å². The molecule has 0 spiro atoms. The molecule has 1 aliphatic rings. The fourth-order valence-corrected chi connectivity index (χ4v) is 3.92. The van der Waals surface area contributed by atoms with Crippen LogP contribution >= 0.6 is 0 Å². The zero-order valence-corrected chi connectivity index (χ0v) is 14.7. The summed E-state index contributed by atoms with van der Waals surface area (Å²) in [5, 5.41) is 1.07. The summed E-state index contributed by atoms with van der Waals surface area (Å²) in [6.07, 6.45) is 4.27. The van der Waals surface area contributed by atoms with E-state index in [9.17, 15) is 4.79 Å². The lowest BCUT2D eigenvalue weighted by Crippen LogP contribution is -2.31. The highest BCUT2D eigenvalue weighted by Gasteiger charge is 2.16. The van der Waals surface area contributed by atoms with Crippen molar-refractivity contribution in [2.75, 3.05) is 13.1 Å². The normalized spacial score (nSPS) is 14.6. The fraction of sp³-hybridized carbons (Fsp3) is 0.318. The Kier molecular flexibility index (Phi) is 4.41. The van der Waals surface area contributed by atoms with Gasteiger partial charge >= 0.3 is 0 Å². The summed E-state index contributed by atoms with van der Waals surface area (Å²) in [6.45, 7) is 5.89. The molecule has 2 aromatic carbocycles. The fourth-order valence-electron chi connectivity index (χ4n) is 3.92. The number of Topliss-reactive ketones (excluding diaryl/α,β-unsaturated/α-hetero) is 1. The van der Waals surface area contributed by atoms with E-state index >= 15 is 0 Å². The summed E-state index contributed by atoms with van der Waals surface area (Å²) in [5.41, 5.74) is 4.97. The van der Waals surface area contributed by atoms with Crippen LogP contribution in [-0.2, 0) is 19.5 Å². The summed E-state index contributed by atoms with van der Waals surface area (Å²) >= 11 is 0. The van der Waals surface area contributed by atoms with Crippen LogP contribution in [0.15, 0.2) is 54.7 Å². The lowest BCUT2D eigenvalue weighted by atomic mass is 10.00. The number of aromatic nitrogens is 1. The van der Waals surface area contributed by atoms with E-state index in [4.69, 9.17) is 0 Å². The lowest BCUT2D eigenvalue weighted by Gasteiger charge is -2.28. The number of benzene rings is 2. The number of para-hydroxylation sites is 1. The van der Waals surface area contributed by atoms with Crippen molar-refractivity contribution in [3.63, 3.8) is 0 Å². The van der Waals surface area contributed by atoms with Gasteiger partial charge in [0, 0.05) is 48.8 Å². The number of hydrogen-bond acceptors (Lipinski definition) is 2. The van der Waals surface area contributed by atoms with E-state index < -0.39 is 0 Å². The zero-order valence-electron chi connectivity index (χ0n) is 14.7. The van der Waals surface area contributed by atoms with Gasteiger partial charge in [-0.1, -0.05) is 42.5 Å². The van der Waals surface area contributed by atoms with Crippen LogP contribution in [-0.4, -0.2) is 28.3 Å². The topological polar surface area (TPSA) is 25.2 Å². The van der Waals surface area contributed by atoms with Crippen LogP contribution in [0.3, 0.4) is 0 Å². The summed E-state index contributed by atoms with van der Waals surface area (Å²) < 4.78 is 2.24. The molecule has 1 aromatic heterocycles. The third-order valence-corrected chi connectivity index (χ3v) is 5.25. The standard InChI is InChI=1S/C22H24N2O/c1-17(25)21-16-24(22-10-5-4-9-20(21)22)13-6-12-23-14-11-18-7-2-3-8-19(18)15-23/h2-5,7-10,16H,6,11-15H2,1H3. The zero-order chi connectivity index (χ0) is 17.2. The van der Waals surface area contributed by atoms with Crippen LogP contribution < -0.4 is 0 Å². The molecule has 1 aliphatic heterocycles. The van der Waals surface area contributed by atoms with Crippen molar-refractivity contribution in [2.24, 2.45) is 0 Å². The molecular formula is C22H24N2O. The van der Waals surface area contributed by atoms with Crippen molar-refractivity contribution in [2.45, 2.75) is 32.9 Å². The number of carbonyl (C=O) groups is 1. The van der Waals surface area contributed by atoms with Gasteiger partial charge in [-0.15, -0.1) is 0 Å². The maximum absolute atomic E-state index is 11.9. The minimum atomic E-state index is 0.141. The molecule has 3 nitrogen and oxygen atoms in total. The Balaban J connectivity index is 1.43. The SMILES string of the molecule is CC(=O)c1cn(CCCN2CCc3ccccc3C2)c2ccccc12. The van der Waals surface area contributed by atoms with Gasteiger partial charge in [-0.25, -0.2) is 0 Å². The van der Waals surface area contributed by atoms with E-state index in [1.54, 1.807) is 6.92 Å². The predicted molar refractivity (Wildman–Crippen MR) is 102 cm³/mol. The Hall–Kier alpha value is -2.39.